The summed E-state index contributed by atoms with van der Waals surface area (Å²) in [5.74, 6) is 0.805. The van der Waals surface area contributed by atoms with Gasteiger partial charge in [-0.3, -0.25) is 4.98 Å². The van der Waals surface area contributed by atoms with E-state index in [1.54, 1.807) is 12.4 Å². The van der Waals surface area contributed by atoms with E-state index in [1.165, 1.54) is 17.3 Å². The van der Waals surface area contributed by atoms with Crippen LogP contribution in [0.4, 0.5) is 0 Å². The summed E-state index contributed by atoms with van der Waals surface area (Å²) < 4.78 is 2.04. The van der Waals surface area contributed by atoms with Crippen LogP contribution in [-0.2, 0) is 13.0 Å². The number of nitrogens with zero attached hydrogens (tertiary/aromatic N) is 5. The number of nitriles is 1. The fourth-order valence-corrected chi connectivity index (χ4v) is 3.57. The maximum absolute atomic E-state index is 9.55. The first kappa shape index (κ1) is 17.2. The van der Waals surface area contributed by atoms with Gasteiger partial charge in [0.1, 0.15) is 5.25 Å². The standard InChI is InChI=1S/C19H19N5S/c1-3-24-18(16-8-10-21-11-9-16)22-23-19(24)25-17(13-20)12-15-6-4-14(2)5-7-15/h4-11,17H,3,12H2,1-2H3/t17-/m0/s1. The Hall–Kier alpha value is -2.65. The fraction of sp³-hybridized carbons (Fsp3) is 0.263. The maximum Gasteiger partial charge on any atom is 0.192 e. The molecule has 1 aromatic carbocycles. The molecule has 0 aliphatic rings. The number of aromatic nitrogens is 4. The molecule has 0 fully saturated rings. The van der Waals surface area contributed by atoms with Crippen LogP contribution in [0.3, 0.4) is 0 Å². The van der Waals surface area contributed by atoms with Crippen molar-refractivity contribution in [3.8, 4) is 17.5 Å². The molecule has 0 saturated heterocycles. The van der Waals surface area contributed by atoms with E-state index >= 15 is 0 Å². The first-order valence-electron chi connectivity index (χ1n) is 8.16. The van der Waals surface area contributed by atoms with Crippen molar-refractivity contribution in [1.29, 1.82) is 5.26 Å². The average Bonchev–Trinajstić information content (AvgIpc) is 3.06. The van der Waals surface area contributed by atoms with Gasteiger partial charge in [-0.2, -0.15) is 5.26 Å². The first-order valence-corrected chi connectivity index (χ1v) is 9.04. The molecule has 0 aliphatic heterocycles. The van der Waals surface area contributed by atoms with Crippen LogP contribution in [0.1, 0.15) is 18.1 Å². The van der Waals surface area contributed by atoms with Gasteiger partial charge in [-0.05, 0) is 38.0 Å². The van der Waals surface area contributed by atoms with Crippen molar-refractivity contribution >= 4 is 11.8 Å². The van der Waals surface area contributed by atoms with Crippen LogP contribution >= 0.6 is 11.8 Å². The molecular weight excluding hydrogens is 330 g/mol. The van der Waals surface area contributed by atoms with Crippen molar-refractivity contribution in [3.05, 3.63) is 59.9 Å². The Bertz CT molecular complexity index is 865. The molecule has 3 rings (SSSR count). The van der Waals surface area contributed by atoms with Crippen LogP contribution in [0, 0.1) is 18.3 Å². The molecule has 2 heterocycles. The minimum absolute atomic E-state index is 0.206. The molecule has 0 N–H and O–H groups in total. The summed E-state index contributed by atoms with van der Waals surface area (Å²) >= 11 is 1.47. The molecule has 0 saturated carbocycles. The monoisotopic (exact) mass is 349 g/mol. The lowest BCUT2D eigenvalue weighted by atomic mass is 10.1. The van der Waals surface area contributed by atoms with E-state index in [0.29, 0.717) is 6.42 Å². The summed E-state index contributed by atoms with van der Waals surface area (Å²) in [4.78, 5) is 4.04. The third kappa shape index (κ3) is 4.06. The Morgan fingerprint density at radius 2 is 1.84 bits per heavy atom. The zero-order valence-electron chi connectivity index (χ0n) is 14.3. The quantitative estimate of drug-likeness (QED) is 0.632. The minimum atomic E-state index is -0.206. The van der Waals surface area contributed by atoms with Gasteiger partial charge >= 0.3 is 0 Å². The summed E-state index contributed by atoms with van der Waals surface area (Å²) in [6.07, 6.45) is 4.17. The van der Waals surface area contributed by atoms with Gasteiger partial charge in [0, 0.05) is 24.5 Å². The second kappa shape index (κ2) is 7.95. The summed E-state index contributed by atoms with van der Waals surface area (Å²) in [5.41, 5.74) is 3.35. The Morgan fingerprint density at radius 3 is 2.48 bits per heavy atom. The van der Waals surface area contributed by atoms with Gasteiger partial charge < -0.3 is 4.57 Å². The van der Waals surface area contributed by atoms with Crippen LogP contribution in [0.15, 0.2) is 53.9 Å². The number of thioether (sulfide) groups is 1. The van der Waals surface area contributed by atoms with E-state index in [2.05, 4.69) is 59.4 Å². The van der Waals surface area contributed by atoms with Crippen molar-refractivity contribution in [3.63, 3.8) is 0 Å². The topological polar surface area (TPSA) is 67.4 Å². The van der Waals surface area contributed by atoms with Crippen molar-refractivity contribution < 1.29 is 0 Å². The number of hydrogen-bond acceptors (Lipinski definition) is 5. The number of hydrogen-bond donors (Lipinski definition) is 0. The van der Waals surface area contributed by atoms with E-state index in [1.807, 2.05) is 16.7 Å². The number of pyridine rings is 1. The molecule has 126 valence electrons. The van der Waals surface area contributed by atoms with Crippen molar-refractivity contribution in [1.82, 2.24) is 19.7 Å². The summed E-state index contributed by atoms with van der Waals surface area (Å²) in [6, 6.07) is 14.5. The molecule has 1 atom stereocenters. The van der Waals surface area contributed by atoms with Crippen LogP contribution in [-0.4, -0.2) is 25.0 Å². The van der Waals surface area contributed by atoms with Crippen molar-refractivity contribution in [2.75, 3.05) is 0 Å². The summed E-state index contributed by atoms with van der Waals surface area (Å²) in [7, 11) is 0. The van der Waals surface area contributed by atoms with Gasteiger partial charge in [0.15, 0.2) is 11.0 Å². The van der Waals surface area contributed by atoms with Crippen LogP contribution in [0.2, 0.25) is 0 Å². The lowest BCUT2D eigenvalue weighted by molar-refractivity contribution is 0.686. The molecule has 0 spiro atoms. The highest BCUT2D eigenvalue weighted by molar-refractivity contribution is 8.00. The SMILES string of the molecule is CCn1c(S[C@H](C#N)Cc2ccc(C)cc2)nnc1-c1ccncc1. The molecule has 6 heteroatoms. The lowest BCUT2D eigenvalue weighted by Crippen LogP contribution is -2.07. The van der Waals surface area contributed by atoms with Gasteiger partial charge in [0.05, 0.1) is 6.07 Å². The highest BCUT2D eigenvalue weighted by Gasteiger charge is 2.18. The first-order chi connectivity index (χ1) is 12.2. The van der Waals surface area contributed by atoms with Gasteiger partial charge in [-0.15, -0.1) is 10.2 Å². The largest absolute Gasteiger partial charge is 0.302 e. The lowest BCUT2D eigenvalue weighted by Gasteiger charge is -2.11. The molecule has 25 heavy (non-hydrogen) atoms. The third-order valence-electron chi connectivity index (χ3n) is 3.90. The Balaban J connectivity index is 1.80. The Kier molecular flexibility index (Phi) is 5.46. The third-order valence-corrected chi connectivity index (χ3v) is 4.97. The summed E-state index contributed by atoms with van der Waals surface area (Å²) in [6.45, 7) is 4.86. The maximum atomic E-state index is 9.55. The Morgan fingerprint density at radius 1 is 1.12 bits per heavy atom. The summed E-state index contributed by atoms with van der Waals surface area (Å²) in [5, 5.41) is 18.7. The van der Waals surface area contributed by atoms with E-state index in [9.17, 15) is 5.26 Å². The fourth-order valence-electron chi connectivity index (χ4n) is 2.55. The highest BCUT2D eigenvalue weighted by Crippen LogP contribution is 2.28. The number of aryl methyl sites for hydroxylation is 1. The molecular formula is C19H19N5S. The number of rotatable bonds is 6. The predicted molar refractivity (Wildman–Crippen MR) is 99.1 cm³/mol. The van der Waals surface area contributed by atoms with E-state index < -0.39 is 0 Å². The van der Waals surface area contributed by atoms with E-state index in [0.717, 1.165) is 28.7 Å². The molecule has 0 unspecified atom stereocenters. The van der Waals surface area contributed by atoms with Crippen molar-refractivity contribution in [2.24, 2.45) is 0 Å². The molecule has 2 aromatic heterocycles. The van der Waals surface area contributed by atoms with E-state index in [4.69, 9.17) is 0 Å². The zero-order chi connectivity index (χ0) is 17.6. The molecule has 3 aromatic rings. The molecule has 0 radical (unpaired) electrons. The van der Waals surface area contributed by atoms with Crippen LogP contribution < -0.4 is 0 Å². The van der Waals surface area contributed by atoms with Crippen molar-refractivity contribution in [2.45, 2.75) is 37.2 Å². The number of benzene rings is 1. The van der Waals surface area contributed by atoms with Gasteiger partial charge in [-0.25, -0.2) is 0 Å². The molecule has 0 bridgehead atoms. The average molecular weight is 349 g/mol. The zero-order valence-corrected chi connectivity index (χ0v) is 15.1. The molecule has 5 nitrogen and oxygen atoms in total. The predicted octanol–water partition coefficient (Wildman–Crippen LogP) is 3.90. The smallest absolute Gasteiger partial charge is 0.192 e. The molecule has 0 amide bonds. The van der Waals surface area contributed by atoms with E-state index in [-0.39, 0.29) is 5.25 Å². The second-order valence-corrected chi connectivity index (χ2v) is 6.88. The van der Waals surface area contributed by atoms with Gasteiger partial charge in [0.25, 0.3) is 0 Å². The minimum Gasteiger partial charge on any atom is -0.302 e. The molecule has 0 aliphatic carbocycles. The second-order valence-electron chi connectivity index (χ2n) is 5.71. The normalized spacial score (nSPS) is 11.9. The van der Waals surface area contributed by atoms with Gasteiger partial charge in [-0.1, -0.05) is 41.6 Å². The Labute approximate surface area is 151 Å². The van der Waals surface area contributed by atoms with Gasteiger partial charge in [0.2, 0.25) is 0 Å². The van der Waals surface area contributed by atoms with Crippen LogP contribution in [0.25, 0.3) is 11.4 Å². The highest BCUT2D eigenvalue weighted by atomic mass is 32.2. The van der Waals surface area contributed by atoms with Crippen LogP contribution in [0.5, 0.6) is 0 Å².